The molecular weight excluding hydrogens is 208 g/mol. The first-order valence-electron chi connectivity index (χ1n) is 5.84. The Balaban J connectivity index is 1.95. The molecule has 1 aliphatic carbocycles. The molecule has 1 saturated carbocycles. The summed E-state index contributed by atoms with van der Waals surface area (Å²) in [7, 11) is 1.34. The Morgan fingerprint density at radius 2 is 2.06 bits per heavy atom. The van der Waals surface area contributed by atoms with Crippen molar-refractivity contribution in [1.29, 1.82) is 0 Å². The topological polar surface area (TPSA) is 67.4 Å². The van der Waals surface area contributed by atoms with Crippen LogP contribution in [-0.4, -0.2) is 37.1 Å². The first kappa shape index (κ1) is 11.4. The molecule has 5 heteroatoms. The Morgan fingerprint density at radius 1 is 1.38 bits per heavy atom. The molecule has 0 aromatic rings. The van der Waals surface area contributed by atoms with Gasteiger partial charge < -0.3 is 15.4 Å². The van der Waals surface area contributed by atoms with E-state index in [1.807, 2.05) is 0 Å². The Kier molecular flexibility index (Phi) is 3.43. The van der Waals surface area contributed by atoms with Gasteiger partial charge in [0, 0.05) is 12.1 Å². The maximum Gasteiger partial charge on any atom is 0.307 e. The van der Waals surface area contributed by atoms with Crippen LogP contribution in [0.4, 0.5) is 0 Å². The lowest BCUT2D eigenvalue weighted by Crippen LogP contribution is -2.65. The van der Waals surface area contributed by atoms with Crippen LogP contribution in [0, 0.1) is 0 Å². The molecule has 0 unspecified atom stereocenters. The van der Waals surface area contributed by atoms with E-state index >= 15 is 0 Å². The molecule has 0 bridgehead atoms. The zero-order valence-electron chi connectivity index (χ0n) is 9.49. The van der Waals surface area contributed by atoms with Gasteiger partial charge >= 0.3 is 5.97 Å². The summed E-state index contributed by atoms with van der Waals surface area (Å²) in [4.78, 5) is 22.9. The molecule has 2 aliphatic rings. The Labute approximate surface area is 94.9 Å². The molecule has 5 nitrogen and oxygen atoms in total. The van der Waals surface area contributed by atoms with Crippen LogP contribution in [-0.2, 0) is 14.3 Å². The summed E-state index contributed by atoms with van der Waals surface area (Å²) in [6.07, 6.45) is 4.59. The molecule has 0 aromatic heterocycles. The highest BCUT2D eigenvalue weighted by atomic mass is 16.5. The summed E-state index contributed by atoms with van der Waals surface area (Å²) in [5.74, 6) is -0.421. The van der Waals surface area contributed by atoms with Crippen LogP contribution in [0.25, 0.3) is 0 Å². The summed E-state index contributed by atoms with van der Waals surface area (Å²) in [5.41, 5.74) is 0. The number of methoxy groups -OCH3 is 1. The third kappa shape index (κ3) is 2.35. The van der Waals surface area contributed by atoms with E-state index in [1.165, 1.54) is 20.0 Å². The van der Waals surface area contributed by atoms with Gasteiger partial charge in [-0.25, -0.2) is 0 Å². The molecule has 1 saturated heterocycles. The lowest BCUT2D eigenvalue weighted by molar-refractivity contribution is -0.144. The molecule has 1 heterocycles. The minimum atomic E-state index is -0.424. The number of piperazine rings is 1. The highest BCUT2D eigenvalue weighted by molar-refractivity contribution is 5.87. The summed E-state index contributed by atoms with van der Waals surface area (Å²) < 4.78 is 4.58. The third-order valence-corrected chi connectivity index (χ3v) is 3.42. The highest BCUT2D eigenvalue weighted by Crippen LogP contribution is 2.22. The molecule has 0 spiro atoms. The lowest BCUT2D eigenvalue weighted by Gasteiger charge is -2.40. The van der Waals surface area contributed by atoms with Gasteiger partial charge in [0.05, 0.1) is 19.6 Å². The lowest BCUT2D eigenvalue weighted by atomic mass is 9.87. The minimum absolute atomic E-state index is 0.0754. The SMILES string of the molecule is COC(=O)C[C@H]1N[C@H]2CCCC[C@H]2NC1=O. The molecule has 90 valence electrons. The van der Waals surface area contributed by atoms with Crippen molar-refractivity contribution in [2.24, 2.45) is 0 Å². The fourth-order valence-electron chi connectivity index (χ4n) is 2.52. The number of rotatable bonds is 2. The van der Waals surface area contributed by atoms with Crippen LogP contribution in [0.3, 0.4) is 0 Å². The van der Waals surface area contributed by atoms with Crippen LogP contribution in [0.1, 0.15) is 32.1 Å². The van der Waals surface area contributed by atoms with E-state index < -0.39 is 6.04 Å². The van der Waals surface area contributed by atoms with E-state index in [2.05, 4.69) is 15.4 Å². The van der Waals surface area contributed by atoms with Crippen molar-refractivity contribution in [2.75, 3.05) is 7.11 Å². The predicted octanol–water partition coefficient (Wildman–Crippen LogP) is -0.0513. The summed E-state index contributed by atoms with van der Waals surface area (Å²) in [6, 6.07) is 0.142. The van der Waals surface area contributed by atoms with Crippen molar-refractivity contribution in [3.63, 3.8) is 0 Å². The van der Waals surface area contributed by atoms with Gasteiger partial charge in [0.1, 0.15) is 0 Å². The van der Waals surface area contributed by atoms with E-state index in [0.717, 1.165) is 12.8 Å². The number of nitrogens with one attached hydrogen (secondary N) is 2. The summed E-state index contributed by atoms with van der Waals surface area (Å²) in [5, 5.41) is 6.25. The van der Waals surface area contributed by atoms with E-state index in [9.17, 15) is 9.59 Å². The Bertz CT molecular complexity index is 293. The number of carbonyl (C=O) groups is 2. The number of esters is 1. The molecule has 0 aromatic carbocycles. The quantitative estimate of drug-likeness (QED) is 0.648. The number of hydrogen-bond acceptors (Lipinski definition) is 4. The van der Waals surface area contributed by atoms with Crippen LogP contribution in [0.5, 0.6) is 0 Å². The number of amides is 1. The second-order valence-electron chi connectivity index (χ2n) is 4.51. The van der Waals surface area contributed by atoms with E-state index in [4.69, 9.17) is 0 Å². The summed E-state index contributed by atoms with van der Waals surface area (Å²) >= 11 is 0. The molecule has 2 N–H and O–H groups in total. The number of ether oxygens (including phenoxy) is 1. The molecule has 1 aliphatic heterocycles. The van der Waals surface area contributed by atoms with Crippen LogP contribution in [0.2, 0.25) is 0 Å². The molecule has 2 rings (SSSR count). The maximum atomic E-state index is 11.7. The number of hydrogen-bond donors (Lipinski definition) is 2. The molecule has 16 heavy (non-hydrogen) atoms. The largest absolute Gasteiger partial charge is 0.469 e. The first-order valence-corrected chi connectivity index (χ1v) is 5.84. The fourth-order valence-corrected chi connectivity index (χ4v) is 2.52. The molecule has 2 fully saturated rings. The van der Waals surface area contributed by atoms with Gasteiger partial charge in [-0.05, 0) is 12.8 Å². The molecular formula is C11H18N2O3. The zero-order chi connectivity index (χ0) is 11.5. The van der Waals surface area contributed by atoms with E-state index in [-0.39, 0.29) is 24.3 Å². The fraction of sp³-hybridized carbons (Fsp3) is 0.818. The van der Waals surface area contributed by atoms with Crippen molar-refractivity contribution in [3.05, 3.63) is 0 Å². The van der Waals surface area contributed by atoms with Crippen molar-refractivity contribution in [3.8, 4) is 0 Å². The van der Waals surface area contributed by atoms with Crippen LogP contribution in [0.15, 0.2) is 0 Å². The van der Waals surface area contributed by atoms with Crippen LogP contribution >= 0.6 is 0 Å². The predicted molar refractivity (Wildman–Crippen MR) is 57.7 cm³/mol. The molecule has 0 radical (unpaired) electrons. The highest BCUT2D eigenvalue weighted by Gasteiger charge is 2.37. The first-order chi connectivity index (χ1) is 7.70. The van der Waals surface area contributed by atoms with Crippen molar-refractivity contribution < 1.29 is 14.3 Å². The number of carbonyl (C=O) groups excluding carboxylic acids is 2. The Hall–Kier alpha value is -1.10. The summed E-state index contributed by atoms with van der Waals surface area (Å²) in [6.45, 7) is 0. The minimum Gasteiger partial charge on any atom is -0.469 e. The van der Waals surface area contributed by atoms with Gasteiger partial charge in [-0.1, -0.05) is 12.8 Å². The average molecular weight is 226 g/mol. The average Bonchev–Trinajstić information content (AvgIpc) is 2.30. The molecule has 1 amide bonds. The van der Waals surface area contributed by atoms with Crippen molar-refractivity contribution in [1.82, 2.24) is 10.6 Å². The number of fused-ring (bicyclic) bond motifs is 1. The van der Waals surface area contributed by atoms with Gasteiger partial charge in [0.25, 0.3) is 0 Å². The second-order valence-corrected chi connectivity index (χ2v) is 4.51. The third-order valence-electron chi connectivity index (χ3n) is 3.42. The van der Waals surface area contributed by atoms with Crippen molar-refractivity contribution >= 4 is 11.9 Å². The van der Waals surface area contributed by atoms with Gasteiger partial charge in [-0.15, -0.1) is 0 Å². The molecule has 3 atom stereocenters. The van der Waals surface area contributed by atoms with E-state index in [1.54, 1.807) is 0 Å². The van der Waals surface area contributed by atoms with Crippen LogP contribution < -0.4 is 10.6 Å². The standard InChI is InChI=1S/C11H18N2O3/c1-16-10(14)6-9-11(15)13-8-5-3-2-4-7(8)12-9/h7-9,12H,2-6H2,1H3,(H,13,15)/t7-,8+,9+/m0/s1. The van der Waals surface area contributed by atoms with Gasteiger partial charge in [0.15, 0.2) is 0 Å². The van der Waals surface area contributed by atoms with E-state index in [0.29, 0.717) is 6.04 Å². The Morgan fingerprint density at radius 3 is 2.75 bits per heavy atom. The second kappa shape index (κ2) is 4.82. The van der Waals surface area contributed by atoms with Gasteiger partial charge in [-0.2, -0.15) is 0 Å². The normalized spacial score (nSPS) is 33.8. The van der Waals surface area contributed by atoms with Crippen molar-refractivity contribution in [2.45, 2.75) is 50.2 Å². The van der Waals surface area contributed by atoms with Gasteiger partial charge in [0.2, 0.25) is 5.91 Å². The monoisotopic (exact) mass is 226 g/mol. The zero-order valence-corrected chi connectivity index (χ0v) is 9.49. The smallest absolute Gasteiger partial charge is 0.307 e. The van der Waals surface area contributed by atoms with Gasteiger partial charge in [-0.3, -0.25) is 9.59 Å². The maximum absolute atomic E-state index is 11.7.